The Balaban J connectivity index is 1.68. The zero-order valence-electron chi connectivity index (χ0n) is 10.8. The Kier molecular flexibility index (Phi) is 3.19. The monoisotopic (exact) mass is 233 g/mol. The van der Waals surface area contributed by atoms with Crippen molar-refractivity contribution in [2.24, 2.45) is 5.92 Å². The first-order valence-corrected chi connectivity index (χ1v) is 7.02. The number of hydrogen-bond donors (Lipinski definition) is 0. The number of nitrogens with zero attached hydrogens (tertiary/aromatic N) is 3. The molecule has 2 aliphatic rings. The van der Waals surface area contributed by atoms with E-state index in [0.29, 0.717) is 0 Å². The quantitative estimate of drug-likeness (QED) is 0.800. The molecule has 1 unspecified atom stereocenters. The molecule has 1 aromatic heterocycles. The predicted molar refractivity (Wildman–Crippen MR) is 69.0 cm³/mol. The maximum Gasteiger partial charge on any atom is 0.111 e. The Hall–Kier alpha value is -0.830. The normalized spacial score (nSPS) is 27.0. The first kappa shape index (κ1) is 11.3. The van der Waals surface area contributed by atoms with Gasteiger partial charge in [0.05, 0.1) is 0 Å². The zero-order chi connectivity index (χ0) is 11.7. The summed E-state index contributed by atoms with van der Waals surface area (Å²) in [6.07, 6.45) is 11.0. The van der Waals surface area contributed by atoms with Crippen LogP contribution >= 0.6 is 0 Å². The van der Waals surface area contributed by atoms with E-state index in [1.165, 1.54) is 57.6 Å². The Morgan fingerprint density at radius 1 is 1.29 bits per heavy atom. The van der Waals surface area contributed by atoms with Gasteiger partial charge in [0, 0.05) is 31.4 Å². The summed E-state index contributed by atoms with van der Waals surface area (Å²) in [5.74, 6) is 2.93. The fourth-order valence-corrected chi connectivity index (χ4v) is 3.47. The average molecular weight is 233 g/mol. The molecule has 17 heavy (non-hydrogen) atoms. The topological polar surface area (TPSA) is 21.1 Å². The smallest absolute Gasteiger partial charge is 0.111 e. The van der Waals surface area contributed by atoms with Crippen LogP contribution in [0.3, 0.4) is 0 Å². The number of hydrogen-bond acceptors (Lipinski definition) is 2. The largest absolute Gasteiger partial charge is 0.334 e. The minimum absolute atomic E-state index is 0.740. The lowest BCUT2D eigenvalue weighted by molar-refractivity contribution is 0.373. The molecular formula is C14H23N3. The third-order valence-corrected chi connectivity index (χ3v) is 4.41. The van der Waals surface area contributed by atoms with Gasteiger partial charge in [0.2, 0.25) is 0 Å². The minimum Gasteiger partial charge on any atom is -0.334 e. The molecule has 1 saturated carbocycles. The summed E-state index contributed by atoms with van der Waals surface area (Å²) in [5, 5.41) is 0. The Morgan fingerprint density at radius 3 is 2.82 bits per heavy atom. The van der Waals surface area contributed by atoms with Crippen molar-refractivity contribution in [1.29, 1.82) is 0 Å². The molecule has 0 bridgehead atoms. The fourth-order valence-electron chi connectivity index (χ4n) is 3.47. The SMILES string of the molecule is CN1CCC(Cn2ccnc2C2CCCC2)C1. The molecule has 94 valence electrons. The summed E-state index contributed by atoms with van der Waals surface area (Å²) in [6.45, 7) is 3.69. The Morgan fingerprint density at radius 2 is 2.12 bits per heavy atom. The molecule has 2 heterocycles. The second-order valence-corrected chi connectivity index (χ2v) is 5.84. The molecule has 1 aliphatic heterocycles. The van der Waals surface area contributed by atoms with Gasteiger partial charge in [0.15, 0.2) is 0 Å². The molecule has 1 aromatic rings. The lowest BCUT2D eigenvalue weighted by Gasteiger charge is -2.16. The first-order valence-electron chi connectivity index (χ1n) is 7.02. The van der Waals surface area contributed by atoms with Gasteiger partial charge in [-0.2, -0.15) is 0 Å². The molecule has 0 N–H and O–H groups in total. The summed E-state index contributed by atoms with van der Waals surface area (Å²) in [7, 11) is 2.23. The molecule has 0 aromatic carbocycles. The van der Waals surface area contributed by atoms with E-state index < -0.39 is 0 Å². The standard InChI is InChI=1S/C14H23N3/c1-16-8-6-12(10-16)11-17-9-7-15-14(17)13-4-2-3-5-13/h7,9,12-13H,2-6,8,10-11H2,1H3. The summed E-state index contributed by atoms with van der Waals surface area (Å²) in [4.78, 5) is 7.05. The van der Waals surface area contributed by atoms with Crippen molar-refractivity contribution >= 4 is 0 Å². The van der Waals surface area contributed by atoms with Crippen LogP contribution in [0.1, 0.15) is 43.8 Å². The van der Waals surface area contributed by atoms with Crippen LogP contribution < -0.4 is 0 Å². The Bertz CT molecular complexity index is 365. The van der Waals surface area contributed by atoms with Crippen LogP contribution in [0.4, 0.5) is 0 Å². The van der Waals surface area contributed by atoms with Crippen LogP contribution in [0, 0.1) is 5.92 Å². The van der Waals surface area contributed by atoms with E-state index in [1.54, 1.807) is 0 Å². The Labute approximate surface area is 104 Å². The number of likely N-dealkylation sites (tertiary alicyclic amines) is 1. The zero-order valence-corrected chi connectivity index (χ0v) is 10.8. The lowest BCUT2D eigenvalue weighted by Crippen LogP contribution is -2.18. The number of aromatic nitrogens is 2. The van der Waals surface area contributed by atoms with Gasteiger partial charge in [0.1, 0.15) is 5.82 Å². The van der Waals surface area contributed by atoms with Gasteiger partial charge < -0.3 is 9.47 Å². The molecule has 2 fully saturated rings. The summed E-state index contributed by atoms with van der Waals surface area (Å²) < 4.78 is 2.43. The van der Waals surface area contributed by atoms with Crippen molar-refractivity contribution in [3.05, 3.63) is 18.2 Å². The van der Waals surface area contributed by atoms with Crippen LogP contribution in [-0.2, 0) is 6.54 Å². The molecule has 1 aliphatic carbocycles. The van der Waals surface area contributed by atoms with Gasteiger partial charge in [-0.25, -0.2) is 4.98 Å². The van der Waals surface area contributed by atoms with Crippen molar-refractivity contribution < 1.29 is 0 Å². The van der Waals surface area contributed by atoms with Crippen LogP contribution in [0.15, 0.2) is 12.4 Å². The van der Waals surface area contributed by atoms with E-state index in [9.17, 15) is 0 Å². The van der Waals surface area contributed by atoms with E-state index in [-0.39, 0.29) is 0 Å². The highest BCUT2D eigenvalue weighted by Crippen LogP contribution is 2.33. The van der Waals surface area contributed by atoms with E-state index in [4.69, 9.17) is 0 Å². The van der Waals surface area contributed by atoms with Gasteiger partial charge in [-0.1, -0.05) is 12.8 Å². The van der Waals surface area contributed by atoms with Gasteiger partial charge in [-0.15, -0.1) is 0 Å². The predicted octanol–water partition coefficient (Wildman–Crippen LogP) is 2.49. The maximum atomic E-state index is 4.61. The van der Waals surface area contributed by atoms with Crippen LogP contribution in [0.2, 0.25) is 0 Å². The van der Waals surface area contributed by atoms with Crippen LogP contribution in [-0.4, -0.2) is 34.6 Å². The van der Waals surface area contributed by atoms with Crippen molar-refractivity contribution in [2.45, 2.75) is 44.6 Å². The maximum absolute atomic E-state index is 4.61. The van der Waals surface area contributed by atoms with Crippen molar-refractivity contribution in [2.75, 3.05) is 20.1 Å². The van der Waals surface area contributed by atoms with Crippen molar-refractivity contribution in [3.63, 3.8) is 0 Å². The highest BCUT2D eigenvalue weighted by molar-refractivity contribution is 5.03. The highest BCUT2D eigenvalue weighted by atomic mass is 15.1. The third-order valence-electron chi connectivity index (χ3n) is 4.41. The average Bonchev–Trinajstić information content (AvgIpc) is 3.00. The van der Waals surface area contributed by atoms with Crippen molar-refractivity contribution in [1.82, 2.24) is 14.5 Å². The lowest BCUT2D eigenvalue weighted by atomic mass is 10.1. The number of rotatable bonds is 3. The van der Waals surface area contributed by atoms with Crippen molar-refractivity contribution in [3.8, 4) is 0 Å². The fraction of sp³-hybridized carbons (Fsp3) is 0.786. The van der Waals surface area contributed by atoms with Gasteiger partial charge in [0.25, 0.3) is 0 Å². The third kappa shape index (κ3) is 2.39. The molecular weight excluding hydrogens is 210 g/mol. The summed E-state index contributed by atoms with van der Waals surface area (Å²) >= 11 is 0. The van der Waals surface area contributed by atoms with Gasteiger partial charge in [-0.3, -0.25) is 0 Å². The van der Waals surface area contributed by atoms with E-state index in [2.05, 4.69) is 27.7 Å². The molecule has 3 rings (SSSR count). The van der Waals surface area contributed by atoms with Crippen LogP contribution in [0.5, 0.6) is 0 Å². The number of imidazole rings is 1. The minimum atomic E-state index is 0.740. The van der Waals surface area contributed by atoms with Gasteiger partial charge >= 0.3 is 0 Å². The highest BCUT2D eigenvalue weighted by Gasteiger charge is 2.24. The molecule has 1 saturated heterocycles. The molecule has 3 nitrogen and oxygen atoms in total. The summed E-state index contributed by atoms with van der Waals surface area (Å²) in [5.41, 5.74) is 0. The van der Waals surface area contributed by atoms with E-state index in [1.807, 2.05) is 6.20 Å². The van der Waals surface area contributed by atoms with E-state index >= 15 is 0 Å². The second kappa shape index (κ2) is 4.81. The molecule has 0 radical (unpaired) electrons. The molecule has 0 spiro atoms. The second-order valence-electron chi connectivity index (χ2n) is 5.84. The van der Waals surface area contributed by atoms with E-state index in [0.717, 1.165) is 11.8 Å². The van der Waals surface area contributed by atoms with Crippen LogP contribution in [0.25, 0.3) is 0 Å². The molecule has 0 amide bonds. The molecule has 3 heteroatoms. The molecule has 1 atom stereocenters. The van der Waals surface area contributed by atoms with Gasteiger partial charge in [-0.05, 0) is 38.8 Å². The summed E-state index contributed by atoms with van der Waals surface area (Å²) in [6, 6.07) is 0. The first-order chi connectivity index (χ1) is 8.33.